The summed E-state index contributed by atoms with van der Waals surface area (Å²) in [4.78, 5) is 22.2. The van der Waals surface area contributed by atoms with Gasteiger partial charge in [0.15, 0.2) is 0 Å². The summed E-state index contributed by atoms with van der Waals surface area (Å²) >= 11 is 6.50. The predicted octanol–water partition coefficient (Wildman–Crippen LogP) is 4.15. The number of nitrogens with one attached hydrogen (secondary N) is 2. The summed E-state index contributed by atoms with van der Waals surface area (Å²) in [7, 11) is 0. The van der Waals surface area contributed by atoms with Gasteiger partial charge in [0.05, 0.1) is 28.8 Å². The standard InChI is InChI=1S/C26H35ClN4O3/c1-17(2)34-24-15-28-13-20(24)23(32)12-18-11-19(21(27)14-29-18)22-5-4-6-25(31-22)30-16-26(3)7-9-33-10-8-26/h4-6,11,14,17,20,24,28H,7-10,12-13,15-16H2,1-3H3,(H,30,31)/t20-,24+/m1/s1. The van der Waals surface area contributed by atoms with E-state index in [9.17, 15) is 4.79 Å². The minimum absolute atomic E-state index is 0.0847. The van der Waals surface area contributed by atoms with Crippen molar-refractivity contribution >= 4 is 23.2 Å². The largest absolute Gasteiger partial charge is 0.381 e. The first-order valence-corrected chi connectivity index (χ1v) is 12.5. The Morgan fingerprint density at radius 1 is 1.32 bits per heavy atom. The van der Waals surface area contributed by atoms with E-state index in [1.807, 2.05) is 38.1 Å². The Balaban J connectivity index is 1.45. The van der Waals surface area contributed by atoms with Gasteiger partial charge in [-0.2, -0.15) is 0 Å². The van der Waals surface area contributed by atoms with Gasteiger partial charge in [-0.05, 0) is 50.3 Å². The van der Waals surface area contributed by atoms with Gasteiger partial charge >= 0.3 is 0 Å². The number of aromatic nitrogens is 2. The van der Waals surface area contributed by atoms with Gasteiger partial charge in [0, 0.05) is 56.7 Å². The lowest BCUT2D eigenvalue weighted by atomic mass is 9.82. The van der Waals surface area contributed by atoms with E-state index in [1.165, 1.54) is 0 Å². The molecule has 2 fully saturated rings. The number of pyridine rings is 2. The second-order valence-corrected chi connectivity index (χ2v) is 10.4. The lowest BCUT2D eigenvalue weighted by Gasteiger charge is -2.33. The van der Waals surface area contributed by atoms with Gasteiger partial charge in [0.2, 0.25) is 0 Å². The molecule has 0 spiro atoms. The number of carbonyl (C=O) groups excluding carboxylic acids is 1. The summed E-state index contributed by atoms with van der Waals surface area (Å²) in [5.74, 6) is 0.770. The molecule has 0 saturated carbocycles. The zero-order valence-electron chi connectivity index (χ0n) is 20.3. The monoisotopic (exact) mass is 486 g/mol. The number of ketones is 1. The fourth-order valence-corrected chi connectivity index (χ4v) is 4.78. The summed E-state index contributed by atoms with van der Waals surface area (Å²) in [5.41, 5.74) is 2.42. The number of hydrogen-bond acceptors (Lipinski definition) is 7. The maximum atomic E-state index is 13.0. The third-order valence-corrected chi connectivity index (χ3v) is 7.01. The van der Waals surface area contributed by atoms with Crippen LogP contribution in [0.2, 0.25) is 5.02 Å². The molecule has 0 amide bonds. The third kappa shape index (κ3) is 6.33. The molecule has 0 radical (unpaired) electrons. The molecule has 0 bridgehead atoms. The summed E-state index contributed by atoms with van der Waals surface area (Å²) in [6, 6.07) is 7.75. The van der Waals surface area contributed by atoms with Crippen LogP contribution in [0.5, 0.6) is 0 Å². The summed E-state index contributed by atoms with van der Waals surface area (Å²) in [5, 5.41) is 7.28. The molecule has 34 heavy (non-hydrogen) atoms. The summed E-state index contributed by atoms with van der Waals surface area (Å²) in [6.07, 6.45) is 3.91. The smallest absolute Gasteiger partial charge is 0.145 e. The van der Waals surface area contributed by atoms with E-state index in [2.05, 4.69) is 22.5 Å². The fourth-order valence-electron chi connectivity index (χ4n) is 4.58. The molecule has 184 valence electrons. The number of rotatable bonds is 9. The first-order valence-electron chi connectivity index (χ1n) is 12.2. The maximum Gasteiger partial charge on any atom is 0.145 e. The van der Waals surface area contributed by atoms with Crippen LogP contribution >= 0.6 is 11.6 Å². The normalized spacial score (nSPS) is 22.1. The topological polar surface area (TPSA) is 85.4 Å². The lowest BCUT2D eigenvalue weighted by Crippen LogP contribution is -2.33. The van der Waals surface area contributed by atoms with Crippen molar-refractivity contribution in [3.63, 3.8) is 0 Å². The van der Waals surface area contributed by atoms with Crippen LogP contribution in [0.15, 0.2) is 30.5 Å². The molecule has 2 aliphatic rings. The Labute approximate surface area is 207 Å². The SMILES string of the molecule is CC(C)O[C@H]1CNC[C@@H]1C(=O)Cc1cc(-c2cccc(NCC3(C)CCOCC3)n2)c(Cl)cn1. The average molecular weight is 487 g/mol. The molecule has 2 N–H and O–H groups in total. The van der Waals surface area contributed by atoms with Gasteiger partial charge in [-0.3, -0.25) is 9.78 Å². The Morgan fingerprint density at radius 2 is 2.12 bits per heavy atom. The average Bonchev–Trinajstić information content (AvgIpc) is 3.27. The first kappa shape index (κ1) is 25.0. The Hall–Kier alpha value is -2.06. The Bertz CT molecular complexity index is 994. The molecule has 2 saturated heterocycles. The summed E-state index contributed by atoms with van der Waals surface area (Å²) in [6.45, 7) is 10.1. The van der Waals surface area contributed by atoms with Crippen LogP contribution in [0, 0.1) is 11.3 Å². The van der Waals surface area contributed by atoms with E-state index in [4.69, 9.17) is 26.1 Å². The van der Waals surface area contributed by atoms with E-state index >= 15 is 0 Å². The van der Waals surface area contributed by atoms with Crippen LogP contribution in [-0.2, 0) is 20.7 Å². The highest BCUT2D eigenvalue weighted by Gasteiger charge is 2.34. The second-order valence-electron chi connectivity index (χ2n) is 9.97. The number of ether oxygens (including phenoxy) is 2. The maximum absolute atomic E-state index is 13.0. The van der Waals surface area contributed by atoms with E-state index in [1.54, 1.807) is 6.20 Å². The Kier molecular flexibility index (Phi) is 8.19. The minimum Gasteiger partial charge on any atom is -0.381 e. The third-order valence-electron chi connectivity index (χ3n) is 6.71. The van der Waals surface area contributed by atoms with E-state index < -0.39 is 0 Å². The number of nitrogens with zero attached hydrogens (tertiary/aromatic N) is 2. The highest BCUT2D eigenvalue weighted by molar-refractivity contribution is 6.33. The molecular formula is C26H35ClN4O3. The number of Topliss-reactive ketones (excluding diaryl/α,β-unsaturated/α-hetero) is 1. The van der Waals surface area contributed by atoms with Gasteiger partial charge < -0.3 is 20.1 Å². The molecule has 0 unspecified atom stereocenters. The molecule has 4 heterocycles. The van der Waals surface area contributed by atoms with Crippen molar-refractivity contribution in [1.82, 2.24) is 15.3 Å². The van der Waals surface area contributed by atoms with Crippen molar-refractivity contribution in [2.24, 2.45) is 11.3 Å². The highest BCUT2D eigenvalue weighted by atomic mass is 35.5. The number of hydrogen-bond donors (Lipinski definition) is 2. The van der Waals surface area contributed by atoms with Crippen molar-refractivity contribution in [3.05, 3.63) is 41.2 Å². The van der Waals surface area contributed by atoms with Crippen molar-refractivity contribution in [2.45, 2.75) is 52.2 Å². The molecule has 0 aromatic carbocycles. The van der Waals surface area contributed by atoms with E-state index in [0.717, 1.165) is 49.7 Å². The minimum atomic E-state index is -0.166. The first-order chi connectivity index (χ1) is 16.3. The molecule has 2 aromatic rings. The van der Waals surface area contributed by atoms with Crippen molar-refractivity contribution in [1.29, 1.82) is 0 Å². The van der Waals surface area contributed by atoms with Gasteiger partial charge in [-0.25, -0.2) is 4.98 Å². The van der Waals surface area contributed by atoms with Crippen LogP contribution < -0.4 is 10.6 Å². The van der Waals surface area contributed by atoms with Crippen LogP contribution in [0.4, 0.5) is 5.82 Å². The van der Waals surface area contributed by atoms with Gasteiger partial charge in [0.1, 0.15) is 11.6 Å². The van der Waals surface area contributed by atoms with Crippen molar-refractivity contribution in [2.75, 3.05) is 38.2 Å². The number of anilines is 1. The Morgan fingerprint density at radius 3 is 2.88 bits per heavy atom. The predicted molar refractivity (Wildman–Crippen MR) is 134 cm³/mol. The molecule has 2 aromatic heterocycles. The van der Waals surface area contributed by atoms with E-state index in [-0.39, 0.29) is 35.7 Å². The molecule has 0 aliphatic carbocycles. The van der Waals surface area contributed by atoms with Crippen LogP contribution in [0.1, 0.15) is 39.3 Å². The second kappa shape index (κ2) is 11.1. The zero-order chi connectivity index (χ0) is 24.1. The molecule has 2 atom stereocenters. The molecule has 7 nitrogen and oxygen atoms in total. The molecule has 8 heteroatoms. The molecule has 2 aliphatic heterocycles. The number of carbonyl (C=O) groups is 1. The fraction of sp³-hybridized carbons (Fsp3) is 0.577. The van der Waals surface area contributed by atoms with Crippen molar-refractivity contribution < 1.29 is 14.3 Å². The quantitative estimate of drug-likeness (QED) is 0.550. The highest BCUT2D eigenvalue weighted by Crippen LogP contribution is 2.31. The summed E-state index contributed by atoms with van der Waals surface area (Å²) < 4.78 is 11.4. The number of halogens is 1. The van der Waals surface area contributed by atoms with Gasteiger partial charge in [-0.15, -0.1) is 0 Å². The van der Waals surface area contributed by atoms with Gasteiger partial charge in [0.25, 0.3) is 0 Å². The molecule has 4 rings (SSSR count). The zero-order valence-corrected chi connectivity index (χ0v) is 21.0. The van der Waals surface area contributed by atoms with Gasteiger partial charge in [-0.1, -0.05) is 24.6 Å². The van der Waals surface area contributed by atoms with Crippen LogP contribution in [-0.4, -0.2) is 60.8 Å². The van der Waals surface area contributed by atoms with Crippen molar-refractivity contribution in [3.8, 4) is 11.3 Å². The van der Waals surface area contributed by atoms with Crippen LogP contribution in [0.3, 0.4) is 0 Å². The molecular weight excluding hydrogens is 452 g/mol. The van der Waals surface area contributed by atoms with Crippen LogP contribution in [0.25, 0.3) is 11.3 Å². The van der Waals surface area contributed by atoms with E-state index in [0.29, 0.717) is 23.8 Å². The lowest BCUT2D eigenvalue weighted by molar-refractivity contribution is -0.126.